The first-order valence-electron chi connectivity index (χ1n) is 9.95. The molecule has 1 unspecified atom stereocenters. The first-order chi connectivity index (χ1) is 12.3. The van der Waals surface area contributed by atoms with Gasteiger partial charge in [-0.1, -0.05) is 40.5 Å². The van der Waals surface area contributed by atoms with Crippen LogP contribution in [0.3, 0.4) is 0 Å². The van der Waals surface area contributed by atoms with Crippen LogP contribution in [0.25, 0.3) is 0 Å². The summed E-state index contributed by atoms with van der Waals surface area (Å²) in [5.41, 5.74) is 0. The van der Waals surface area contributed by atoms with Gasteiger partial charge < -0.3 is 9.57 Å². The molecule has 1 rings (SSSR count). The van der Waals surface area contributed by atoms with E-state index in [1.807, 2.05) is 0 Å². The van der Waals surface area contributed by atoms with Crippen molar-refractivity contribution in [3.8, 4) is 0 Å². The third kappa shape index (κ3) is 8.79. The molecule has 2 amide bonds. The number of ether oxygens (including phenoxy) is 1. The molecular weight excluding hydrogens is 334 g/mol. The molecule has 6 heteroatoms. The third-order valence-corrected chi connectivity index (χ3v) is 4.67. The van der Waals surface area contributed by atoms with Gasteiger partial charge in [0.1, 0.15) is 0 Å². The van der Waals surface area contributed by atoms with Crippen molar-refractivity contribution in [1.29, 1.82) is 0 Å². The molecule has 0 aromatic carbocycles. The summed E-state index contributed by atoms with van der Waals surface area (Å²) in [4.78, 5) is 39.2. The van der Waals surface area contributed by atoms with Crippen molar-refractivity contribution in [3.05, 3.63) is 0 Å². The van der Waals surface area contributed by atoms with E-state index in [2.05, 4.69) is 27.7 Å². The smallest absolute Gasteiger partial charge is 0.333 e. The molecule has 6 nitrogen and oxygen atoms in total. The van der Waals surface area contributed by atoms with Crippen molar-refractivity contribution in [2.75, 3.05) is 13.2 Å². The minimum atomic E-state index is -0.515. The van der Waals surface area contributed by atoms with Gasteiger partial charge in [-0.15, -0.1) is 5.06 Å². The van der Waals surface area contributed by atoms with E-state index in [0.29, 0.717) is 29.2 Å². The topological polar surface area (TPSA) is 72.9 Å². The van der Waals surface area contributed by atoms with Gasteiger partial charge in [-0.2, -0.15) is 0 Å². The van der Waals surface area contributed by atoms with Gasteiger partial charge in [0.05, 0.1) is 0 Å². The van der Waals surface area contributed by atoms with Crippen LogP contribution in [0.4, 0.5) is 0 Å². The molecule has 1 fully saturated rings. The van der Waals surface area contributed by atoms with Gasteiger partial charge in [0.2, 0.25) is 0 Å². The summed E-state index contributed by atoms with van der Waals surface area (Å²) in [6, 6.07) is 0. The molecule has 1 aliphatic heterocycles. The Morgan fingerprint density at radius 2 is 1.62 bits per heavy atom. The van der Waals surface area contributed by atoms with Crippen molar-refractivity contribution in [2.24, 2.45) is 17.8 Å². The number of carbonyl (C=O) groups is 3. The molecule has 0 N–H and O–H groups in total. The zero-order valence-corrected chi connectivity index (χ0v) is 16.8. The van der Waals surface area contributed by atoms with Crippen LogP contribution in [0.2, 0.25) is 0 Å². The van der Waals surface area contributed by atoms with E-state index in [0.717, 1.165) is 32.5 Å². The van der Waals surface area contributed by atoms with Crippen LogP contribution < -0.4 is 0 Å². The third-order valence-electron chi connectivity index (χ3n) is 4.67. The average Bonchev–Trinajstić information content (AvgIpc) is 2.87. The predicted octanol–water partition coefficient (Wildman–Crippen LogP) is 3.88. The summed E-state index contributed by atoms with van der Waals surface area (Å²) in [6.07, 6.45) is 5.23. The van der Waals surface area contributed by atoms with Crippen molar-refractivity contribution in [2.45, 2.75) is 79.1 Å². The Morgan fingerprint density at radius 3 is 2.19 bits per heavy atom. The average molecular weight is 370 g/mol. The maximum Gasteiger partial charge on any atom is 0.333 e. The molecule has 1 atom stereocenters. The number of unbranched alkanes of at least 4 members (excludes halogenated alkanes) is 3. The van der Waals surface area contributed by atoms with Crippen molar-refractivity contribution in [3.63, 3.8) is 0 Å². The minimum Gasteiger partial charge on any atom is -0.381 e. The first-order valence-corrected chi connectivity index (χ1v) is 9.95. The van der Waals surface area contributed by atoms with Gasteiger partial charge in [-0.3, -0.25) is 9.59 Å². The quantitative estimate of drug-likeness (QED) is 0.364. The van der Waals surface area contributed by atoms with Crippen LogP contribution >= 0.6 is 0 Å². The Labute approximate surface area is 157 Å². The first kappa shape index (κ1) is 22.6. The largest absolute Gasteiger partial charge is 0.381 e. The summed E-state index contributed by atoms with van der Waals surface area (Å²) >= 11 is 0. The molecule has 0 spiro atoms. The van der Waals surface area contributed by atoms with Crippen molar-refractivity contribution < 1.29 is 24.0 Å². The van der Waals surface area contributed by atoms with E-state index in [-0.39, 0.29) is 19.3 Å². The van der Waals surface area contributed by atoms with E-state index >= 15 is 0 Å². The molecule has 0 radical (unpaired) electrons. The Kier molecular flexibility index (Phi) is 10.5. The van der Waals surface area contributed by atoms with Gasteiger partial charge in [0.25, 0.3) is 11.8 Å². The molecule has 1 heterocycles. The monoisotopic (exact) mass is 369 g/mol. The number of nitrogens with zero attached hydrogens (tertiary/aromatic N) is 1. The molecular formula is C20H35NO5. The normalized spacial score (nSPS) is 16.0. The van der Waals surface area contributed by atoms with Crippen LogP contribution in [-0.2, 0) is 24.0 Å². The molecule has 0 aromatic heterocycles. The lowest BCUT2D eigenvalue weighted by molar-refractivity contribution is -0.197. The standard InChI is InChI=1S/C20H35NO5/c1-15(2)13-17(16(3)4)14-25-12-8-6-5-7-9-20(24)26-21-18(22)10-11-19(21)23/h15-17H,5-14H2,1-4H3. The summed E-state index contributed by atoms with van der Waals surface area (Å²) in [5, 5.41) is 0.610. The molecule has 0 bridgehead atoms. The molecule has 1 saturated heterocycles. The molecule has 1 aliphatic rings. The Morgan fingerprint density at radius 1 is 1.00 bits per heavy atom. The van der Waals surface area contributed by atoms with Gasteiger partial charge in [-0.25, -0.2) is 4.79 Å². The molecule has 26 heavy (non-hydrogen) atoms. The summed E-state index contributed by atoms with van der Waals surface area (Å²) < 4.78 is 5.82. The minimum absolute atomic E-state index is 0.126. The molecule has 0 aromatic rings. The second-order valence-electron chi connectivity index (χ2n) is 7.92. The highest BCUT2D eigenvalue weighted by molar-refractivity contribution is 6.01. The van der Waals surface area contributed by atoms with Crippen LogP contribution in [0.5, 0.6) is 0 Å². The second kappa shape index (κ2) is 12.0. The highest BCUT2D eigenvalue weighted by atomic mass is 16.7. The maximum absolute atomic E-state index is 11.7. The van der Waals surface area contributed by atoms with E-state index in [1.54, 1.807) is 0 Å². The lowest BCUT2D eigenvalue weighted by Gasteiger charge is -2.22. The van der Waals surface area contributed by atoms with Crippen LogP contribution in [0.1, 0.15) is 79.1 Å². The SMILES string of the molecule is CC(C)CC(COCCCCCCC(=O)ON1C(=O)CCC1=O)C(C)C. The van der Waals surface area contributed by atoms with Crippen LogP contribution in [-0.4, -0.2) is 36.1 Å². The fraction of sp³-hybridized carbons (Fsp3) is 0.850. The van der Waals surface area contributed by atoms with Crippen molar-refractivity contribution >= 4 is 17.8 Å². The Bertz CT molecular complexity index is 445. The van der Waals surface area contributed by atoms with E-state index in [4.69, 9.17) is 9.57 Å². The second-order valence-corrected chi connectivity index (χ2v) is 7.92. The van der Waals surface area contributed by atoms with Crippen LogP contribution in [0.15, 0.2) is 0 Å². The predicted molar refractivity (Wildman–Crippen MR) is 98.9 cm³/mol. The number of amides is 2. The lowest BCUT2D eigenvalue weighted by atomic mass is 9.88. The van der Waals surface area contributed by atoms with E-state index < -0.39 is 17.8 Å². The Balaban J connectivity index is 2.02. The van der Waals surface area contributed by atoms with E-state index in [1.165, 1.54) is 6.42 Å². The fourth-order valence-electron chi connectivity index (χ4n) is 3.01. The Hall–Kier alpha value is -1.43. The number of hydrogen-bond acceptors (Lipinski definition) is 5. The van der Waals surface area contributed by atoms with E-state index in [9.17, 15) is 14.4 Å². The highest BCUT2D eigenvalue weighted by Crippen LogP contribution is 2.20. The maximum atomic E-state index is 11.7. The zero-order chi connectivity index (χ0) is 19.5. The van der Waals surface area contributed by atoms with Gasteiger partial charge >= 0.3 is 5.97 Å². The summed E-state index contributed by atoms with van der Waals surface area (Å²) in [6.45, 7) is 10.6. The fourth-order valence-corrected chi connectivity index (χ4v) is 3.01. The molecule has 0 aliphatic carbocycles. The number of rotatable bonds is 13. The highest BCUT2D eigenvalue weighted by Gasteiger charge is 2.32. The van der Waals surface area contributed by atoms with Gasteiger partial charge in [0, 0.05) is 32.5 Å². The lowest BCUT2D eigenvalue weighted by Crippen LogP contribution is -2.31. The molecule has 0 saturated carbocycles. The van der Waals surface area contributed by atoms with Crippen molar-refractivity contribution in [1.82, 2.24) is 5.06 Å². The number of imide groups is 1. The molecule has 150 valence electrons. The summed E-state index contributed by atoms with van der Waals surface area (Å²) in [5.74, 6) is 0.559. The number of carbonyl (C=O) groups excluding carboxylic acids is 3. The van der Waals surface area contributed by atoms with Crippen LogP contribution in [0, 0.1) is 17.8 Å². The zero-order valence-electron chi connectivity index (χ0n) is 16.8. The van der Waals surface area contributed by atoms with Gasteiger partial charge in [-0.05, 0) is 37.0 Å². The number of hydroxylamine groups is 2. The van der Waals surface area contributed by atoms with Gasteiger partial charge in [0.15, 0.2) is 0 Å². The summed E-state index contributed by atoms with van der Waals surface area (Å²) in [7, 11) is 0. The number of hydrogen-bond donors (Lipinski definition) is 0.